The Morgan fingerprint density at radius 3 is 0.305 bits per heavy atom. The molecule has 2 N–H and O–H groups in total. The van der Waals surface area contributed by atoms with Crippen LogP contribution in [0.15, 0.2) is 0 Å². The summed E-state index contributed by atoms with van der Waals surface area (Å²) in [5.74, 6) is 0. The topological polar surface area (TPSA) is 248 Å². The first kappa shape index (κ1) is 117. The number of hydrogen-bond acceptors (Lipinski definition) is 12. The molecule has 571 valence electrons. The summed E-state index contributed by atoms with van der Waals surface area (Å²) in [5, 5.41) is 0. The van der Waals surface area contributed by atoms with E-state index < -0.39 is 10.4 Å². The SMILES string of the molecule is CCCCCCCCCC=O.CCCCCCCCCC=O.CCCCCCCCCC=O.CCCCCCCCCC=O.CCCCCCCCCC=O.CCCCCCCCCC=O.CCCCCCCCCC=O.CCCCCCCCCC=O.O.O=S(=O)([O-])[O-].[Cr+3]. The van der Waals surface area contributed by atoms with Crippen LogP contribution in [0, 0.1) is 0 Å². The van der Waals surface area contributed by atoms with E-state index in [4.69, 9.17) is 17.5 Å². The maximum absolute atomic E-state index is 9.94. The van der Waals surface area contributed by atoms with Crippen LogP contribution >= 0.6 is 0 Å². The van der Waals surface area contributed by atoms with Gasteiger partial charge in [-0.05, 0) is 51.4 Å². The van der Waals surface area contributed by atoms with Crippen LogP contribution in [0.5, 0.6) is 0 Å². The fourth-order valence-corrected chi connectivity index (χ4v) is 9.48. The van der Waals surface area contributed by atoms with Gasteiger partial charge in [0.05, 0.1) is 0 Å². The second-order valence-electron chi connectivity index (χ2n) is 25.0. The minimum Gasteiger partial charge on any atom is -0.759 e. The Morgan fingerprint density at radius 1 is 0.179 bits per heavy atom. The van der Waals surface area contributed by atoms with Gasteiger partial charge in [-0.25, -0.2) is 0 Å². The van der Waals surface area contributed by atoms with Crippen molar-refractivity contribution in [1.29, 1.82) is 0 Å². The molecule has 1 radical (unpaired) electrons. The van der Waals surface area contributed by atoms with Crippen molar-refractivity contribution in [2.24, 2.45) is 0 Å². The molecule has 0 amide bonds. The Hall–Kier alpha value is -2.28. The molecule has 0 aromatic heterocycles. The van der Waals surface area contributed by atoms with Gasteiger partial charge in [-0.15, -0.1) is 0 Å². The zero-order valence-corrected chi connectivity index (χ0v) is 66.2. The normalized spacial score (nSPS) is 9.79. The predicted octanol–water partition coefficient (Wildman–Crippen LogP) is 24.4. The summed E-state index contributed by atoms with van der Waals surface area (Å²) in [6, 6.07) is 0. The van der Waals surface area contributed by atoms with E-state index in [0.29, 0.717) is 0 Å². The molecule has 0 aromatic rings. The molecular formula is C80H162CrO13S+. The molecule has 0 rings (SSSR count). The number of carbonyl (C=O) groups excluding carboxylic acids is 8. The molecule has 0 unspecified atom stereocenters. The van der Waals surface area contributed by atoms with E-state index in [0.717, 1.165) is 153 Å². The summed E-state index contributed by atoms with van der Waals surface area (Å²) in [7, 11) is -5.17. The summed E-state index contributed by atoms with van der Waals surface area (Å²) in [6.45, 7) is 17.8. The Kier molecular flexibility index (Phi) is 162. The van der Waals surface area contributed by atoms with Gasteiger partial charge in [0.1, 0.15) is 50.3 Å². The third-order valence-corrected chi connectivity index (χ3v) is 15.4. The molecule has 0 saturated heterocycles. The molecule has 0 aliphatic rings. The second kappa shape index (κ2) is 132. The molecule has 0 aliphatic heterocycles. The van der Waals surface area contributed by atoms with Gasteiger partial charge in [-0.3, -0.25) is 8.42 Å². The van der Waals surface area contributed by atoms with Crippen LogP contribution < -0.4 is 0 Å². The van der Waals surface area contributed by atoms with Crippen LogP contribution in [0.2, 0.25) is 0 Å². The second-order valence-corrected chi connectivity index (χ2v) is 25.8. The molecule has 95 heavy (non-hydrogen) atoms. The van der Waals surface area contributed by atoms with Gasteiger partial charge in [0, 0.05) is 61.8 Å². The zero-order valence-electron chi connectivity index (χ0n) is 64.1. The van der Waals surface area contributed by atoms with E-state index in [1.165, 1.54) is 308 Å². The average Bonchev–Trinajstić information content (AvgIpc) is 3.56. The number of aldehydes is 8. The van der Waals surface area contributed by atoms with E-state index in [-0.39, 0.29) is 22.8 Å². The fourth-order valence-electron chi connectivity index (χ4n) is 9.48. The third kappa shape index (κ3) is 194. The zero-order chi connectivity index (χ0) is 71.4. The Bertz CT molecular complexity index is 1130. The summed E-state index contributed by atoms with van der Waals surface area (Å²) in [6.07, 6.45) is 86.7. The van der Waals surface area contributed by atoms with Gasteiger partial charge in [-0.1, -0.05) is 364 Å². The van der Waals surface area contributed by atoms with Gasteiger partial charge >= 0.3 is 17.4 Å². The molecule has 0 spiro atoms. The summed E-state index contributed by atoms with van der Waals surface area (Å²) >= 11 is 0. The van der Waals surface area contributed by atoms with Crippen LogP contribution in [0.4, 0.5) is 0 Å². The summed E-state index contributed by atoms with van der Waals surface area (Å²) in [5.41, 5.74) is 0. The molecule has 0 atom stereocenters. The maximum Gasteiger partial charge on any atom is 3.00 e. The van der Waals surface area contributed by atoms with Gasteiger partial charge in [0.15, 0.2) is 0 Å². The number of rotatable bonds is 64. The molecule has 0 fully saturated rings. The first-order chi connectivity index (χ1) is 45.3. The van der Waals surface area contributed by atoms with Crippen LogP contribution in [-0.2, 0) is 66.1 Å². The standard InChI is InChI=1S/8C10H20O.Cr.H2O4S.H2O/c8*1-2-3-4-5-6-7-8-9-10-11;;1-5(2,3)4;/h8*10H,2-9H2,1H3;;(H2,1,2,3,4);1H2/q;;;;;;;;+3;;/p-2. The van der Waals surface area contributed by atoms with Gasteiger partial charge < -0.3 is 52.9 Å². The molecule has 0 aliphatic carbocycles. The Morgan fingerprint density at radius 2 is 0.242 bits per heavy atom. The average molecular weight is 1420 g/mol. The van der Waals surface area contributed by atoms with Crippen LogP contribution in [0.3, 0.4) is 0 Å². The quantitative estimate of drug-likeness (QED) is 0.0239. The Labute approximate surface area is 602 Å². The fraction of sp³-hybridized carbons (Fsp3) is 0.900. The van der Waals surface area contributed by atoms with Crippen molar-refractivity contribution in [1.82, 2.24) is 0 Å². The number of hydrogen-bond donors (Lipinski definition) is 0. The maximum atomic E-state index is 9.94. The molecule has 13 nitrogen and oxygen atoms in total. The van der Waals surface area contributed by atoms with Crippen molar-refractivity contribution in [2.75, 3.05) is 0 Å². The van der Waals surface area contributed by atoms with Crippen LogP contribution in [-0.4, -0.2) is 73.3 Å². The Balaban J connectivity index is -0.0000000930. The number of carbonyl (C=O) groups is 8. The molecule has 0 aromatic carbocycles. The van der Waals surface area contributed by atoms with Crippen molar-refractivity contribution >= 4 is 60.7 Å². The van der Waals surface area contributed by atoms with Crippen molar-refractivity contribution in [3.8, 4) is 0 Å². The van der Waals surface area contributed by atoms with E-state index in [1.54, 1.807) is 0 Å². The van der Waals surface area contributed by atoms with Crippen LogP contribution in [0.1, 0.15) is 466 Å². The van der Waals surface area contributed by atoms with Crippen molar-refractivity contribution < 1.29 is 78.7 Å². The van der Waals surface area contributed by atoms with Gasteiger partial charge in [-0.2, -0.15) is 0 Å². The first-order valence-corrected chi connectivity index (χ1v) is 40.8. The van der Waals surface area contributed by atoms with E-state index in [9.17, 15) is 38.4 Å². The van der Waals surface area contributed by atoms with E-state index in [2.05, 4.69) is 55.4 Å². The monoisotopic (exact) mass is 1420 g/mol. The predicted molar refractivity (Wildman–Crippen MR) is 403 cm³/mol. The molecular weight excluding hydrogens is 1250 g/mol. The van der Waals surface area contributed by atoms with Crippen molar-refractivity contribution in [3.05, 3.63) is 0 Å². The van der Waals surface area contributed by atoms with Crippen LogP contribution in [0.25, 0.3) is 0 Å². The van der Waals surface area contributed by atoms with Gasteiger partial charge in [0.25, 0.3) is 0 Å². The summed E-state index contributed by atoms with van der Waals surface area (Å²) in [4.78, 5) is 79.5. The van der Waals surface area contributed by atoms with Crippen molar-refractivity contribution in [3.63, 3.8) is 0 Å². The minimum atomic E-state index is -5.17. The molecule has 15 heteroatoms. The summed E-state index contributed by atoms with van der Waals surface area (Å²) < 4.78 is 34.1. The third-order valence-electron chi connectivity index (χ3n) is 15.4. The molecule has 0 heterocycles. The number of unbranched alkanes of at least 4 members (excludes halogenated alkanes) is 56. The van der Waals surface area contributed by atoms with E-state index in [1.807, 2.05) is 0 Å². The first-order valence-electron chi connectivity index (χ1n) is 39.5. The minimum absolute atomic E-state index is 0. The van der Waals surface area contributed by atoms with Crippen molar-refractivity contribution in [2.45, 2.75) is 466 Å². The van der Waals surface area contributed by atoms with E-state index >= 15 is 0 Å². The molecule has 0 saturated carbocycles. The van der Waals surface area contributed by atoms with Gasteiger partial charge in [0.2, 0.25) is 0 Å². The smallest absolute Gasteiger partial charge is 0.759 e. The molecule has 0 bridgehead atoms. The largest absolute Gasteiger partial charge is 3.00 e.